The number of rotatable bonds is 2. The Balaban J connectivity index is 1.96. The van der Waals surface area contributed by atoms with Crippen molar-refractivity contribution < 1.29 is 0 Å². The van der Waals surface area contributed by atoms with Crippen LogP contribution in [0.1, 0.15) is 22.8 Å². The topological polar surface area (TPSA) is 47.1 Å². The summed E-state index contributed by atoms with van der Waals surface area (Å²) in [6, 6.07) is 8.54. The van der Waals surface area contributed by atoms with Crippen LogP contribution < -0.4 is 10.6 Å². The summed E-state index contributed by atoms with van der Waals surface area (Å²) in [5, 5.41) is 0. The summed E-state index contributed by atoms with van der Waals surface area (Å²) >= 11 is 0. The van der Waals surface area contributed by atoms with Crippen molar-refractivity contribution >= 4 is 5.69 Å². The number of hydrogen-bond acceptors (Lipinski definition) is 3. The summed E-state index contributed by atoms with van der Waals surface area (Å²) in [4.78, 5) is 6.99. The van der Waals surface area contributed by atoms with Crippen molar-refractivity contribution in [2.45, 2.75) is 33.5 Å². The number of imidazole rings is 1. The van der Waals surface area contributed by atoms with E-state index < -0.39 is 0 Å². The molecule has 0 aliphatic carbocycles. The lowest BCUT2D eigenvalue weighted by atomic mass is 10.1. The van der Waals surface area contributed by atoms with Crippen molar-refractivity contribution in [1.82, 2.24) is 9.55 Å². The van der Waals surface area contributed by atoms with Crippen molar-refractivity contribution in [3.8, 4) is 0 Å². The predicted molar refractivity (Wildman–Crippen MR) is 77.1 cm³/mol. The van der Waals surface area contributed by atoms with Crippen molar-refractivity contribution in [2.75, 3.05) is 11.4 Å². The van der Waals surface area contributed by atoms with Crippen molar-refractivity contribution in [3.63, 3.8) is 0 Å². The maximum atomic E-state index is 5.81. The molecule has 0 saturated heterocycles. The lowest BCUT2D eigenvalue weighted by Gasteiger charge is -2.32. The van der Waals surface area contributed by atoms with Gasteiger partial charge in [0.25, 0.3) is 0 Å². The molecular formula is C15H20N4. The highest BCUT2D eigenvalue weighted by Crippen LogP contribution is 2.26. The molecule has 0 radical (unpaired) electrons. The van der Waals surface area contributed by atoms with E-state index in [0.29, 0.717) is 6.54 Å². The maximum absolute atomic E-state index is 5.81. The molecule has 0 amide bonds. The van der Waals surface area contributed by atoms with E-state index in [9.17, 15) is 0 Å². The second-order valence-corrected chi connectivity index (χ2v) is 5.12. The van der Waals surface area contributed by atoms with Gasteiger partial charge in [0.15, 0.2) is 0 Å². The predicted octanol–water partition coefficient (Wildman–Crippen LogP) is 1.98. The number of hydrogen-bond donors (Lipinski definition) is 1. The van der Waals surface area contributed by atoms with E-state index in [-0.39, 0.29) is 0 Å². The van der Waals surface area contributed by atoms with E-state index >= 15 is 0 Å². The van der Waals surface area contributed by atoms with Crippen LogP contribution in [0.4, 0.5) is 5.69 Å². The lowest BCUT2D eigenvalue weighted by molar-refractivity contribution is 0.556. The zero-order valence-corrected chi connectivity index (χ0v) is 11.6. The van der Waals surface area contributed by atoms with Crippen molar-refractivity contribution in [3.05, 3.63) is 47.0 Å². The van der Waals surface area contributed by atoms with Gasteiger partial charge in [0.1, 0.15) is 5.82 Å². The van der Waals surface area contributed by atoms with Gasteiger partial charge in [0, 0.05) is 25.3 Å². The molecule has 0 atom stereocenters. The first-order valence-corrected chi connectivity index (χ1v) is 6.76. The van der Waals surface area contributed by atoms with Crippen molar-refractivity contribution in [2.24, 2.45) is 5.73 Å². The highest BCUT2D eigenvalue weighted by Gasteiger charge is 2.22. The minimum Gasteiger partial charge on any atom is -0.364 e. The number of aryl methyl sites for hydroxylation is 2. The first-order valence-electron chi connectivity index (χ1n) is 6.76. The standard InChI is InChI=1S/C15H20N4/c1-11-5-3-4-6-14(11)18-7-8-19-12(2)17-13(9-16)15(19)10-18/h3-6H,7-10,16H2,1-2H3. The minimum absolute atomic E-state index is 0.519. The van der Waals surface area contributed by atoms with Gasteiger partial charge in [0.05, 0.1) is 17.9 Å². The van der Waals surface area contributed by atoms with Gasteiger partial charge in [-0.15, -0.1) is 0 Å². The molecule has 1 aromatic carbocycles. The first-order chi connectivity index (χ1) is 9.20. The molecule has 1 aromatic heterocycles. The molecule has 4 heteroatoms. The van der Waals surface area contributed by atoms with Gasteiger partial charge in [-0.3, -0.25) is 0 Å². The number of para-hydroxylation sites is 1. The van der Waals surface area contributed by atoms with E-state index in [0.717, 1.165) is 31.2 Å². The van der Waals surface area contributed by atoms with Crippen LogP contribution in [0, 0.1) is 13.8 Å². The number of nitrogens with zero attached hydrogens (tertiary/aromatic N) is 3. The molecule has 0 spiro atoms. The van der Waals surface area contributed by atoms with E-state index in [1.165, 1.54) is 16.9 Å². The summed E-state index contributed by atoms with van der Waals surface area (Å²) < 4.78 is 2.30. The Morgan fingerprint density at radius 2 is 2.00 bits per heavy atom. The number of benzene rings is 1. The first kappa shape index (κ1) is 12.2. The zero-order valence-electron chi connectivity index (χ0n) is 11.6. The fourth-order valence-corrected chi connectivity index (χ4v) is 2.91. The summed E-state index contributed by atoms with van der Waals surface area (Å²) in [5.41, 5.74) is 10.8. The third kappa shape index (κ3) is 2.02. The quantitative estimate of drug-likeness (QED) is 0.893. The molecule has 2 aromatic rings. The number of fused-ring (bicyclic) bond motifs is 1. The smallest absolute Gasteiger partial charge is 0.106 e. The van der Waals surface area contributed by atoms with Crippen LogP contribution in [0.3, 0.4) is 0 Å². The van der Waals surface area contributed by atoms with E-state index in [1.54, 1.807) is 0 Å². The Kier molecular flexibility index (Phi) is 3.03. The number of nitrogens with two attached hydrogens (primary N) is 1. The molecule has 0 unspecified atom stereocenters. The van der Waals surface area contributed by atoms with Gasteiger partial charge in [-0.05, 0) is 25.5 Å². The second kappa shape index (κ2) is 4.70. The Morgan fingerprint density at radius 1 is 1.21 bits per heavy atom. The minimum atomic E-state index is 0.519. The fraction of sp³-hybridized carbons (Fsp3) is 0.400. The molecule has 2 N–H and O–H groups in total. The highest BCUT2D eigenvalue weighted by molar-refractivity contribution is 5.53. The average molecular weight is 256 g/mol. The maximum Gasteiger partial charge on any atom is 0.106 e. The van der Waals surface area contributed by atoms with Crippen LogP contribution in [0.15, 0.2) is 24.3 Å². The van der Waals surface area contributed by atoms with Crippen LogP contribution in [-0.4, -0.2) is 16.1 Å². The van der Waals surface area contributed by atoms with Crippen molar-refractivity contribution in [1.29, 1.82) is 0 Å². The second-order valence-electron chi connectivity index (χ2n) is 5.12. The third-order valence-corrected chi connectivity index (χ3v) is 3.93. The SMILES string of the molecule is Cc1ccccc1N1CCn2c(C)nc(CN)c2C1. The van der Waals surface area contributed by atoms with E-state index in [4.69, 9.17) is 5.73 Å². The Bertz CT molecular complexity index is 600. The summed E-state index contributed by atoms with van der Waals surface area (Å²) in [6.07, 6.45) is 0. The monoisotopic (exact) mass is 256 g/mol. The summed E-state index contributed by atoms with van der Waals surface area (Å²) in [6.45, 7) is 7.66. The Morgan fingerprint density at radius 3 is 2.74 bits per heavy atom. The molecule has 100 valence electrons. The molecule has 0 fully saturated rings. The van der Waals surface area contributed by atoms with Crippen LogP contribution in [0.5, 0.6) is 0 Å². The Labute approximate surface area is 113 Å². The van der Waals surface area contributed by atoms with Gasteiger partial charge >= 0.3 is 0 Å². The average Bonchev–Trinajstić information content (AvgIpc) is 2.75. The molecule has 4 nitrogen and oxygen atoms in total. The van der Waals surface area contributed by atoms with Crippen LogP contribution in [-0.2, 0) is 19.6 Å². The molecule has 0 bridgehead atoms. The van der Waals surface area contributed by atoms with Gasteiger partial charge in [0.2, 0.25) is 0 Å². The number of aromatic nitrogens is 2. The third-order valence-electron chi connectivity index (χ3n) is 3.93. The van der Waals surface area contributed by atoms with Gasteiger partial charge in [-0.2, -0.15) is 0 Å². The Hall–Kier alpha value is -1.81. The molecule has 1 aliphatic heterocycles. The molecule has 3 rings (SSSR count). The van der Waals surface area contributed by atoms with Crippen LogP contribution >= 0.6 is 0 Å². The zero-order chi connectivity index (χ0) is 13.4. The summed E-state index contributed by atoms with van der Waals surface area (Å²) in [7, 11) is 0. The fourth-order valence-electron chi connectivity index (χ4n) is 2.91. The van der Waals surface area contributed by atoms with E-state index in [2.05, 4.69) is 52.6 Å². The molecule has 0 saturated carbocycles. The largest absolute Gasteiger partial charge is 0.364 e. The molecule has 19 heavy (non-hydrogen) atoms. The van der Waals surface area contributed by atoms with E-state index in [1.807, 2.05) is 0 Å². The number of anilines is 1. The summed E-state index contributed by atoms with van der Waals surface area (Å²) in [5.74, 6) is 1.08. The van der Waals surface area contributed by atoms with Gasteiger partial charge in [-0.1, -0.05) is 18.2 Å². The molecule has 1 aliphatic rings. The van der Waals surface area contributed by atoms with Crippen LogP contribution in [0.25, 0.3) is 0 Å². The van der Waals surface area contributed by atoms with Gasteiger partial charge in [-0.25, -0.2) is 4.98 Å². The van der Waals surface area contributed by atoms with Gasteiger partial charge < -0.3 is 15.2 Å². The normalized spacial score (nSPS) is 14.6. The van der Waals surface area contributed by atoms with Crippen LogP contribution in [0.2, 0.25) is 0 Å². The molecular weight excluding hydrogens is 236 g/mol. The lowest BCUT2D eigenvalue weighted by Crippen LogP contribution is -2.34. The molecule has 2 heterocycles. The highest BCUT2D eigenvalue weighted by atomic mass is 15.2.